The molecule has 0 amide bonds. The zero-order valence-electron chi connectivity index (χ0n) is 21.2. The molecule has 36 heavy (non-hydrogen) atoms. The predicted molar refractivity (Wildman–Crippen MR) is 136 cm³/mol. The van der Waals surface area contributed by atoms with E-state index in [9.17, 15) is 4.79 Å². The number of nitrogens with zero attached hydrogens (tertiary/aromatic N) is 2. The van der Waals surface area contributed by atoms with Gasteiger partial charge in [-0.15, -0.1) is 0 Å². The molecule has 0 unspecified atom stereocenters. The monoisotopic (exact) mass is 484 g/mol. The van der Waals surface area contributed by atoms with Crippen molar-refractivity contribution in [3.05, 3.63) is 82.7 Å². The van der Waals surface area contributed by atoms with Crippen LogP contribution in [0, 0.1) is 18.3 Å². The van der Waals surface area contributed by atoms with Crippen molar-refractivity contribution in [3.8, 4) is 17.6 Å². The van der Waals surface area contributed by atoms with Crippen LogP contribution in [-0.2, 0) is 22.5 Å². The van der Waals surface area contributed by atoms with Gasteiger partial charge in [-0.25, -0.2) is 0 Å². The number of pyridine rings is 1. The number of nitriles is 1. The van der Waals surface area contributed by atoms with Gasteiger partial charge in [-0.1, -0.05) is 18.2 Å². The fourth-order valence-corrected chi connectivity index (χ4v) is 3.86. The van der Waals surface area contributed by atoms with Crippen molar-refractivity contribution in [1.29, 1.82) is 5.26 Å². The molecule has 2 aromatic carbocycles. The SMILES string of the molecule is Cc1c(COc2ccc(C=O)c(OCc3cncc(C#N)c3)c2)cccc1B1OC(C)(C)C(C)(C)O1. The second-order valence-electron chi connectivity index (χ2n) is 9.81. The molecule has 1 aromatic heterocycles. The summed E-state index contributed by atoms with van der Waals surface area (Å²) >= 11 is 0. The smallest absolute Gasteiger partial charge is 0.489 e. The molecule has 0 atom stereocenters. The van der Waals surface area contributed by atoms with Crippen LogP contribution in [0.5, 0.6) is 11.5 Å². The van der Waals surface area contributed by atoms with Crippen molar-refractivity contribution in [3.63, 3.8) is 0 Å². The lowest BCUT2D eigenvalue weighted by atomic mass is 9.75. The van der Waals surface area contributed by atoms with Crippen LogP contribution in [-0.4, -0.2) is 29.6 Å². The summed E-state index contributed by atoms with van der Waals surface area (Å²) < 4.78 is 24.4. The second kappa shape index (κ2) is 10.1. The number of ether oxygens (including phenoxy) is 2. The maximum absolute atomic E-state index is 11.5. The Morgan fingerprint density at radius 2 is 1.78 bits per heavy atom. The van der Waals surface area contributed by atoms with Crippen molar-refractivity contribution in [2.75, 3.05) is 0 Å². The summed E-state index contributed by atoms with van der Waals surface area (Å²) in [5.74, 6) is 0.965. The Balaban J connectivity index is 1.47. The van der Waals surface area contributed by atoms with E-state index in [0.717, 1.165) is 28.4 Å². The molecule has 0 aliphatic carbocycles. The molecule has 0 N–H and O–H groups in total. The predicted octanol–water partition coefficient (Wildman–Crippen LogP) is 4.53. The van der Waals surface area contributed by atoms with Gasteiger partial charge >= 0.3 is 7.12 Å². The number of carbonyl (C=O) groups is 1. The van der Waals surface area contributed by atoms with E-state index in [1.165, 1.54) is 6.20 Å². The highest BCUT2D eigenvalue weighted by molar-refractivity contribution is 6.62. The summed E-state index contributed by atoms with van der Waals surface area (Å²) in [4.78, 5) is 15.6. The lowest BCUT2D eigenvalue weighted by Gasteiger charge is -2.32. The topological polar surface area (TPSA) is 90.7 Å². The van der Waals surface area contributed by atoms with Crippen LogP contribution < -0.4 is 14.9 Å². The molecule has 4 rings (SSSR count). The van der Waals surface area contributed by atoms with Gasteiger partial charge in [-0.3, -0.25) is 9.78 Å². The van der Waals surface area contributed by atoms with Gasteiger partial charge in [0.25, 0.3) is 0 Å². The minimum atomic E-state index is -0.448. The van der Waals surface area contributed by atoms with Crippen LogP contribution >= 0.6 is 0 Å². The molecule has 0 bridgehead atoms. The van der Waals surface area contributed by atoms with Crippen LogP contribution in [0.1, 0.15) is 60.3 Å². The Hall–Kier alpha value is -3.67. The summed E-state index contributed by atoms with van der Waals surface area (Å²) in [7, 11) is -0.448. The number of benzene rings is 2. The first kappa shape index (κ1) is 25.4. The quantitative estimate of drug-likeness (QED) is 0.343. The molecular weight excluding hydrogens is 455 g/mol. The van der Waals surface area contributed by atoms with Gasteiger partial charge in [0, 0.05) is 24.0 Å². The number of hydrogen-bond donors (Lipinski definition) is 0. The number of carbonyl (C=O) groups excluding carboxylic acids is 1. The maximum atomic E-state index is 11.5. The molecule has 0 saturated carbocycles. The molecule has 0 radical (unpaired) electrons. The Morgan fingerprint density at radius 1 is 1.03 bits per heavy atom. The third-order valence-electron chi connectivity index (χ3n) is 6.82. The molecule has 3 aromatic rings. The lowest BCUT2D eigenvalue weighted by Crippen LogP contribution is -2.41. The molecule has 1 fully saturated rings. The molecule has 2 heterocycles. The van der Waals surface area contributed by atoms with Crippen molar-refractivity contribution in [2.24, 2.45) is 0 Å². The molecule has 1 aliphatic heterocycles. The first-order valence-corrected chi connectivity index (χ1v) is 11.8. The van der Waals surface area contributed by atoms with Crippen LogP contribution in [0.3, 0.4) is 0 Å². The number of hydrogen-bond acceptors (Lipinski definition) is 7. The van der Waals surface area contributed by atoms with Crippen LogP contribution in [0.15, 0.2) is 54.9 Å². The third kappa shape index (κ3) is 5.28. The van der Waals surface area contributed by atoms with E-state index in [1.807, 2.05) is 52.8 Å². The van der Waals surface area contributed by atoms with E-state index in [2.05, 4.69) is 11.1 Å². The van der Waals surface area contributed by atoms with E-state index in [4.69, 9.17) is 24.0 Å². The summed E-state index contributed by atoms with van der Waals surface area (Å²) in [5, 5.41) is 9.06. The standard InChI is InChI=1S/C28H29BN2O5/c1-19-23(7-6-8-25(19)29-35-27(2,3)28(4,5)36-29)18-33-24-10-9-22(16-32)26(12-24)34-17-21-11-20(13-30)14-31-15-21/h6-12,14-16H,17-18H2,1-5H3. The Bertz CT molecular complexity index is 1300. The summed E-state index contributed by atoms with van der Waals surface area (Å²) in [6.45, 7) is 10.7. The average molecular weight is 484 g/mol. The normalized spacial score (nSPS) is 15.8. The summed E-state index contributed by atoms with van der Waals surface area (Å²) in [5.41, 5.74) is 3.77. The van der Waals surface area contributed by atoms with Crippen molar-refractivity contribution < 1.29 is 23.6 Å². The number of rotatable bonds is 8. The Kier molecular flexibility index (Phi) is 7.16. The molecule has 1 saturated heterocycles. The Morgan fingerprint density at radius 3 is 2.47 bits per heavy atom. The van der Waals surface area contributed by atoms with E-state index in [0.29, 0.717) is 29.2 Å². The molecular formula is C28H29BN2O5. The fourth-order valence-electron chi connectivity index (χ4n) is 3.86. The van der Waals surface area contributed by atoms with Gasteiger partial charge in [0.1, 0.15) is 30.8 Å². The Labute approximate surface area is 212 Å². The molecule has 7 nitrogen and oxygen atoms in total. The van der Waals surface area contributed by atoms with E-state index in [-0.39, 0.29) is 6.61 Å². The first-order chi connectivity index (χ1) is 17.1. The van der Waals surface area contributed by atoms with E-state index in [1.54, 1.807) is 30.5 Å². The average Bonchev–Trinajstić information content (AvgIpc) is 3.08. The summed E-state index contributed by atoms with van der Waals surface area (Å²) in [6.07, 6.45) is 3.84. The van der Waals surface area contributed by atoms with Gasteiger partial charge in [0.05, 0.1) is 22.3 Å². The summed E-state index contributed by atoms with van der Waals surface area (Å²) in [6, 6.07) is 14.8. The van der Waals surface area contributed by atoms with Crippen molar-refractivity contribution >= 4 is 18.9 Å². The highest BCUT2D eigenvalue weighted by Gasteiger charge is 2.52. The van der Waals surface area contributed by atoms with Gasteiger partial charge in [-0.2, -0.15) is 5.26 Å². The van der Waals surface area contributed by atoms with Gasteiger partial charge in [0.2, 0.25) is 0 Å². The molecule has 1 aliphatic rings. The highest BCUT2D eigenvalue weighted by atomic mass is 16.7. The number of aldehydes is 1. The largest absolute Gasteiger partial charge is 0.495 e. The second-order valence-corrected chi connectivity index (χ2v) is 9.81. The minimum Gasteiger partial charge on any atom is -0.489 e. The van der Waals surface area contributed by atoms with Gasteiger partial charge < -0.3 is 18.8 Å². The minimum absolute atomic E-state index is 0.169. The highest BCUT2D eigenvalue weighted by Crippen LogP contribution is 2.37. The van der Waals surface area contributed by atoms with Crippen LogP contribution in [0.25, 0.3) is 0 Å². The molecule has 0 spiro atoms. The number of aromatic nitrogens is 1. The maximum Gasteiger partial charge on any atom is 0.495 e. The molecule has 184 valence electrons. The van der Waals surface area contributed by atoms with Crippen LogP contribution in [0.4, 0.5) is 0 Å². The fraction of sp³-hybridized carbons (Fsp3) is 0.321. The zero-order valence-corrected chi connectivity index (χ0v) is 21.2. The van der Waals surface area contributed by atoms with Crippen molar-refractivity contribution in [2.45, 2.75) is 59.0 Å². The third-order valence-corrected chi connectivity index (χ3v) is 6.82. The van der Waals surface area contributed by atoms with Crippen LogP contribution in [0.2, 0.25) is 0 Å². The lowest BCUT2D eigenvalue weighted by molar-refractivity contribution is 0.00578. The van der Waals surface area contributed by atoms with Gasteiger partial charge in [0.15, 0.2) is 6.29 Å². The van der Waals surface area contributed by atoms with Crippen molar-refractivity contribution in [1.82, 2.24) is 4.98 Å². The van der Waals surface area contributed by atoms with Gasteiger partial charge in [-0.05, 0) is 69.4 Å². The van der Waals surface area contributed by atoms with E-state index >= 15 is 0 Å². The zero-order chi connectivity index (χ0) is 25.9. The first-order valence-electron chi connectivity index (χ1n) is 11.8. The van der Waals surface area contributed by atoms with E-state index < -0.39 is 18.3 Å². The molecule has 8 heteroatoms.